The zero-order chi connectivity index (χ0) is 27.5. The lowest BCUT2D eigenvalue weighted by Gasteiger charge is -2.18. The molecule has 1 aliphatic heterocycles. The Labute approximate surface area is 227 Å². The Bertz CT molecular complexity index is 1540. The van der Waals surface area contributed by atoms with Crippen LogP contribution in [0.5, 0.6) is 0 Å². The molecule has 0 aliphatic carbocycles. The van der Waals surface area contributed by atoms with Gasteiger partial charge < -0.3 is 20.9 Å². The van der Waals surface area contributed by atoms with Crippen molar-refractivity contribution in [2.75, 3.05) is 27.4 Å². The fraction of sp³-hybridized carbons (Fsp3) is 0.233. The van der Waals surface area contributed by atoms with Crippen molar-refractivity contribution in [3.8, 4) is 0 Å². The van der Waals surface area contributed by atoms with Gasteiger partial charge in [-0.15, -0.1) is 0 Å². The molecule has 198 valence electrons. The van der Waals surface area contributed by atoms with E-state index in [1.807, 2.05) is 88.4 Å². The lowest BCUT2D eigenvalue weighted by atomic mass is 10.1. The summed E-state index contributed by atoms with van der Waals surface area (Å²) in [5.74, 6) is 1.97. The van der Waals surface area contributed by atoms with Crippen molar-refractivity contribution in [3.63, 3.8) is 0 Å². The van der Waals surface area contributed by atoms with Crippen LogP contribution < -0.4 is 20.9 Å². The Hall–Kier alpha value is -4.79. The first-order valence-corrected chi connectivity index (χ1v) is 12.8. The van der Waals surface area contributed by atoms with Gasteiger partial charge in [0, 0.05) is 42.3 Å². The Morgan fingerprint density at radius 3 is 2.26 bits per heavy atom. The minimum absolute atomic E-state index is 0.0369. The number of hydrogen-bond acceptors (Lipinski definition) is 7. The average Bonchev–Trinajstić information content (AvgIpc) is 3.28. The molecule has 4 aromatic rings. The first kappa shape index (κ1) is 25.8. The van der Waals surface area contributed by atoms with Gasteiger partial charge in [-0.3, -0.25) is 9.59 Å². The third-order valence-corrected chi connectivity index (χ3v) is 6.73. The Morgan fingerprint density at radius 2 is 1.54 bits per heavy atom. The summed E-state index contributed by atoms with van der Waals surface area (Å²) < 4.78 is 0. The van der Waals surface area contributed by atoms with E-state index in [-0.39, 0.29) is 18.2 Å². The van der Waals surface area contributed by atoms with Gasteiger partial charge >= 0.3 is 0 Å². The number of pyridine rings is 1. The maximum Gasteiger partial charge on any atom is 0.229 e. The molecular weight excluding hydrogens is 490 g/mol. The fourth-order valence-electron chi connectivity index (χ4n) is 4.49. The van der Waals surface area contributed by atoms with E-state index in [1.54, 1.807) is 11.1 Å². The van der Waals surface area contributed by atoms with Gasteiger partial charge in [-0.2, -0.15) is 0 Å². The molecule has 3 heterocycles. The first-order valence-electron chi connectivity index (χ1n) is 12.8. The van der Waals surface area contributed by atoms with Gasteiger partial charge in [-0.1, -0.05) is 6.07 Å². The van der Waals surface area contributed by atoms with Crippen LogP contribution in [-0.4, -0.2) is 33.3 Å². The molecule has 9 heteroatoms. The molecule has 3 N–H and O–H groups in total. The molecule has 0 bridgehead atoms. The van der Waals surface area contributed by atoms with Gasteiger partial charge in [0.15, 0.2) is 0 Å². The van der Waals surface area contributed by atoms with Gasteiger partial charge in [0.2, 0.25) is 11.8 Å². The van der Waals surface area contributed by atoms with Crippen molar-refractivity contribution in [2.24, 2.45) is 5.92 Å². The summed E-state index contributed by atoms with van der Waals surface area (Å²) in [5.41, 5.74) is 5.69. The summed E-state index contributed by atoms with van der Waals surface area (Å²) >= 11 is 0. The highest BCUT2D eigenvalue weighted by Crippen LogP contribution is 2.28. The number of aromatic nitrogens is 3. The zero-order valence-electron chi connectivity index (χ0n) is 22.4. The third-order valence-electron chi connectivity index (χ3n) is 6.73. The van der Waals surface area contributed by atoms with Gasteiger partial charge in [-0.05, 0) is 92.9 Å². The second-order valence-electron chi connectivity index (χ2n) is 9.89. The summed E-state index contributed by atoms with van der Waals surface area (Å²) in [4.78, 5) is 40.5. The molecule has 39 heavy (non-hydrogen) atoms. The fourth-order valence-corrected chi connectivity index (χ4v) is 4.49. The standard InChI is InChI=1S/C30H31N7O2/c1-18-11-12-31-26(13-18)36-28-16-27(32-21(4)33-28)34-23-6-8-24(9-7-23)35-30(39)22-15-29(38)37(17-22)25-10-5-19(2)20(3)14-25/h5-14,16,22H,15,17H2,1-4H3,(H,35,39)(H2,31,32,33,34,36). The van der Waals surface area contributed by atoms with Crippen LogP contribution in [0.1, 0.15) is 28.9 Å². The van der Waals surface area contributed by atoms with Crippen LogP contribution in [0.25, 0.3) is 0 Å². The van der Waals surface area contributed by atoms with Crippen LogP contribution in [0.4, 0.5) is 34.5 Å². The molecule has 1 saturated heterocycles. The number of anilines is 6. The predicted molar refractivity (Wildman–Crippen MR) is 154 cm³/mol. The summed E-state index contributed by atoms with van der Waals surface area (Å²) in [7, 11) is 0. The second-order valence-corrected chi connectivity index (χ2v) is 9.89. The minimum Gasteiger partial charge on any atom is -0.340 e. The van der Waals surface area contributed by atoms with Gasteiger partial charge in [-0.25, -0.2) is 15.0 Å². The van der Waals surface area contributed by atoms with Crippen LogP contribution in [0, 0.1) is 33.6 Å². The Morgan fingerprint density at radius 1 is 0.821 bits per heavy atom. The lowest BCUT2D eigenvalue weighted by molar-refractivity contribution is -0.122. The maximum absolute atomic E-state index is 12.9. The zero-order valence-corrected chi connectivity index (χ0v) is 22.4. The monoisotopic (exact) mass is 521 g/mol. The van der Waals surface area contributed by atoms with Crippen molar-refractivity contribution in [2.45, 2.75) is 34.1 Å². The molecule has 0 saturated carbocycles. The summed E-state index contributed by atoms with van der Waals surface area (Å²) in [5, 5.41) is 9.44. The number of hydrogen-bond donors (Lipinski definition) is 3. The van der Waals surface area contributed by atoms with E-state index in [2.05, 4.69) is 30.9 Å². The van der Waals surface area contributed by atoms with Crippen LogP contribution in [0.3, 0.4) is 0 Å². The first-order chi connectivity index (χ1) is 18.7. The number of amides is 2. The summed E-state index contributed by atoms with van der Waals surface area (Å²) in [6.07, 6.45) is 1.94. The van der Waals surface area contributed by atoms with Crippen LogP contribution in [0.2, 0.25) is 0 Å². The summed E-state index contributed by atoms with van der Waals surface area (Å²) in [6.45, 7) is 8.26. The van der Waals surface area contributed by atoms with E-state index in [4.69, 9.17) is 0 Å². The van der Waals surface area contributed by atoms with E-state index in [0.717, 1.165) is 22.5 Å². The number of rotatable bonds is 7. The maximum atomic E-state index is 12.9. The molecule has 0 radical (unpaired) electrons. The van der Waals surface area contributed by atoms with Gasteiger partial charge in [0.05, 0.1) is 5.92 Å². The Kier molecular flexibility index (Phi) is 7.23. The van der Waals surface area contributed by atoms with Crippen LogP contribution in [-0.2, 0) is 9.59 Å². The van der Waals surface area contributed by atoms with Crippen LogP contribution >= 0.6 is 0 Å². The molecule has 5 rings (SSSR count). The summed E-state index contributed by atoms with van der Waals surface area (Å²) in [6, 6.07) is 19.0. The lowest BCUT2D eigenvalue weighted by Crippen LogP contribution is -2.28. The van der Waals surface area contributed by atoms with E-state index < -0.39 is 5.92 Å². The number of carbonyl (C=O) groups excluding carboxylic acids is 2. The number of carbonyl (C=O) groups is 2. The largest absolute Gasteiger partial charge is 0.340 e. The molecule has 1 aliphatic rings. The van der Waals surface area contributed by atoms with E-state index in [0.29, 0.717) is 35.5 Å². The van der Waals surface area contributed by atoms with Crippen molar-refractivity contribution in [1.29, 1.82) is 0 Å². The van der Waals surface area contributed by atoms with Crippen LogP contribution in [0.15, 0.2) is 66.9 Å². The third kappa shape index (κ3) is 6.20. The number of nitrogens with one attached hydrogen (secondary N) is 3. The SMILES string of the molecule is Cc1ccnc(Nc2cc(Nc3ccc(NC(=O)C4CC(=O)N(c5ccc(C)c(C)c5)C4)cc3)nc(C)n2)c1. The normalized spacial score (nSPS) is 14.8. The van der Waals surface area contributed by atoms with Gasteiger partial charge in [0.1, 0.15) is 23.3 Å². The molecule has 2 aromatic carbocycles. The van der Waals surface area contributed by atoms with Crippen molar-refractivity contribution < 1.29 is 9.59 Å². The highest BCUT2D eigenvalue weighted by molar-refractivity contribution is 6.03. The molecule has 1 atom stereocenters. The molecule has 1 unspecified atom stereocenters. The molecule has 1 fully saturated rings. The predicted octanol–water partition coefficient (Wildman–Crippen LogP) is 5.58. The molecule has 2 aromatic heterocycles. The van der Waals surface area contributed by atoms with Gasteiger partial charge in [0.25, 0.3) is 0 Å². The number of aryl methyl sites for hydroxylation is 4. The van der Waals surface area contributed by atoms with E-state index in [9.17, 15) is 9.59 Å². The quantitative estimate of drug-likeness (QED) is 0.291. The highest BCUT2D eigenvalue weighted by atomic mass is 16.2. The molecule has 0 spiro atoms. The van der Waals surface area contributed by atoms with Crippen molar-refractivity contribution >= 4 is 46.3 Å². The number of nitrogens with zero attached hydrogens (tertiary/aromatic N) is 4. The smallest absolute Gasteiger partial charge is 0.229 e. The molecular formula is C30H31N7O2. The highest BCUT2D eigenvalue weighted by Gasteiger charge is 2.35. The van der Waals surface area contributed by atoms with E-state index in [1.165, 1.54) is 5.56 Å². The number of benzene rings is 2. The van der Waals surface area contributed by atoms with Crippen molar-refractivity contribution in [3.05, 3.63) is 89.4 Å². The molecule has 9 nitrogen and oxygen atoms in total. The minimum atomic E-state index is -0.408. The Balaban J connectivity index is 1.20. The molecule has 2 amide bonds. The average molecular weight is 522 g/mol. The second kappa shape index (κ2) is 10.9. The van der Waals surface area contributed by atoms with E-state index >= 15 is 0 Å². The van der Waals surface area contributed by atoms with Crippen molar-refractivity contribution in [1.82, 2.24) is 15.0 Å². The topological polar surface area (TPSA) is 112 Å².